The monoisotopic (exact) mass is 188 g/mol. The minimum absolute atomic E-state index is 0.591. The van der Waals surface area contributed by atoms with Gasteiger partial charge in [-0.25, -0.2) is 0 Å². The summed E-state index contributed by atoms with van der Waals surface area (Å²) in [5.41, 5.74) is 1.87. The fraction of sp³-hybridized carbons (Fsp3) is 0.167. The van der Waals surface area contributed by atoms with Gasteiger partial charge >= 0.3 is 0 Å². The van der Waals surface area contributed by atoms with Crippen molar-refractivity contribution in [1.29, 1.82) is 0 Å². The van der Waals surface area contributed by atoms with E-state index in [-0.39, 0.29) is 0 Å². The zero-order valence-corrected chi connectivity index (χ0v) is 7.97. The third kappa shape index (κ3) is 1.70. The van der Waals surface area contributed by atoms with Crippen LogP contribution in [0, 0.1) is 6.92 Å². The zero-order chi connectivity index (χ0) is 9.97. The van der Waals surface area contributed by atoms with Crippen LogP contribution < -0.4 is 0 Å². The first-order valence-corrected chi connectivity index (χ1v) is 4.55. The fourth-order valence-corrected chi connectivity index (χ4v) is 1.40. The van der Waals surface area contributed by atoms with Gasteiger partial charge in [0.25, 0.3) is 0 Å². The minimum Gasteiger partial charge on any atom is -0.466 e. The molecule has 0 saturated carbocycles. The van der Waals surface area contributed by atoms with Crippen LogP contribution >= 0.6 is 0 Å². The summed E-state index contributed by atoms with van der Waals surface area (Å²) in [5.74, 6) is 0.591. The van der Waals surface area contributed by atoms with Crippen molar-refractivity contribution in [3.63, 3.8) is 0 Å². The Morgan fingerprint density at radius 2 is 1.93 bits per heavy atom. The van der Waals surface area contributed by atoms with Gasteiger partial charge in [-0.1, -0.05) is 30.3 Å². The van der Waals surface area contributed by atoms with E-state index >= 15 is 0 Å². The first-order valence-electron chi connectivity index (χ1n) is 4.55. The van der Waals surface area contributed by atoms with Crippen LogP contribution in [0.5, 0.6) is 0 Å². The van der Waals surface area contributed by atoms with Crippen LogP contribution in [0.15, 0.2) is 47.1 Å². The number of aliphatic hydroxyl groups is 1. The number of aryl methyl sites for hydroxylation is 1. The first-order chi connectivity index (χ1) is 6.77. The number of rotatable bonds is 2. The number of aliphatic hydroxyl groups excluding tert-OH is 1. The van der Waals surface area contributed by atoms with E-state index in [4.69, 9.17) is 4.42 Å². The molecule has 0 aliphatic carbocycles. The van der Waals surface area contributed by atoms with Crippen molar-refractivity contribution in [1.82, 2.24) is 0 Å². The molecule has 14 heavy (non-hydrogen) atoms. The normalized spacial score (nSPS) is 12.7. The molecule has 2 rings (SSSR count). The lowest BCUT2D eigenvalue weighted by Crippen LogP contribution is -1.96. The molecule has 1 aromatic carbocycles. The van der Waals surface area contributed by atoms with Crippen molar-refractivity contribution < 1.29 is 9.52 Å². The van der Waals surface area contributed by atoms with Crippen LogP contribution in [0.25, 0.3) is 0 Å². The van der Waals surface area contributed by atoms with Gasteiger partial charge < -0.3 is 9.52 Å². The predicted octanol–water partition coefficient (Wildman–Crippen LogP) is 2.67. The largest absolute Gasteiger partial charge is 0.466 e. The Balaban J connectivity index is 2.29. The predicted molar refractivity (Wildman–Crippen MR) is 53.9 cm³/mol. The fourth-order valence-electron chi connectivity index (χ4n) is 1.40. The summed E-state index contributed by atoms with van der Waals surface area (Å²) < 4.78 is 5.23. The number of hydrogen-bond donors (Lipinski definition) is 1. The molecular weight excluding hydrogens is 176 g/mol. The maximum Gasteiger partial charge on any atom is 0.137 e. The summed E-state index contributed by atoms with van der Waals surface area (Å²) in [7, 11) is 0. The summed E-state index contributed by atoms with van der Waals surface area (Å²) in [6.45, 7) is 1.94. The Morgan fingerprint density at radius 1 is 1.21 bits per heavy atom. The molecule has 2 heteroatoms. The van der Waals surface area contributed by atoms with E-state index < -0.39 is 6.10 Å². The van der Waals surface area contributed by atoms with Gasteiger partial charge in [-0.3, -0.25) is 0 Å². The highest BCUT2D eigenvalue weighted by Crippen LogP contribution is 2.22. The Hall–Kier alpha value is -1.54. The SMILES string of the molecule is Cc1coc([C@H](O)c2ccccc2)c1. The Bertz CT molecular complexity index is 403. The summed E-state index contributed by atoms with van der Waals surface area (Å²) in [5, 5.41) is 9.91. The van der Waals surface area contributed by atoms with Crippen molar-refractivity contribution in [3.05, 3.63) is 59.5 Å². The lowest BCUT2D eigenvalue weighted by molar-refractivity contribution is 0.189. The maximum atomic E-state index is 9.91. The second-order valence-electron chi connectivity index (χ2n) is 3.34. The third-order valence-electron chi connectivity index (χ3n) is 2.14. The number of furan rings is 1. The van der Waals surface area contributed by atoms with Gasteiger partial charge in [0.2, 0.25) is 0 Å². The molecule has 2 nitrogen and oxygen atoms in total. The van der Waals surface area contributed by atoms with E-state index in [1.807, 2.05) is 43.3 Å². The summed E-state index contributed by atoms with van der Waals surface area (Å²) >= 11 is 0. The number of benzene rings is 1. The van der Waals surface area contributed by atoms with Crippen LogP contribution in [0.2, 0.25) is 0 Å². The molecule has 0 radical (unpaired) electrons. The standard InChI is InChI=1S/C12H12O2/c1-9-7-11(14-8-9)12(13)10-5-3-2-4-6-10/h2-8,12-13H,1H3/t12-/m1/s1. The molecule has 0 bridgehead atoms. The van der Waals surface area contributed by atoms with Crippen molar-refractivity contribution in [3.8, 4) is 0 Å². The molecule has 0 aliphatic rings. The van der Waals surface area contributed by atoms with E-state index in [0.29, 0.717) is 5.76 Å². The average Bonchev–Trinajstić information content (AvgIpc) is 2.65. The van der Waals surface area contributed by atoms with Gasteiger partial charge in [0.1, 0.15) is 11.9 Å². The Morgan fingerprint density at radius 3 is 2.50 bits per heavy atom. The van der Waals surface area contributed by atoms with Crippen LogP contribution in [0.1, 0.15) is 23.0 Å². The van der Waals surface area contributed by atoms with Gasteiger partial charge in [-0.2, -0.15) is 0 Å². The van der Waals surface area contributed by atoms with E-state index in [0.717, 1.165) is 11.1 Å². The van der Waals surface area contributed by atoms with Crippen LogP contribution in [-0.2, 0) is 0 Å². The summed E-state index contributed by atoms with van der Waals surface area (Å²) in [6, 6.07) is 11.3. The van der Waals surface area contributed by atoms with E-state index in [1.165, 1.54) is 0 Å². The second-order valence-corrected chi connectivity index (χ2v) is 3.34. The highest BCUT2D eigenvalue weighted by Gasteiger charge is 2.12. The van der Waals surface area contributed by atoms with Crippen molar-refractivity contribution >= 4 is 0 Å². The molecule has 1 N–H and O–H groups in total. The van der Waals surface area contributed by atoms with Crippen LogP contribution in [-0.4, -0.2) is 5.11 Å². The Labute approximate surface area is 82.8 Å². The first kappa shape index (κ1) is 9.03. The topological polar surface area (TPSA) is 33.4 Å². The summed E-state index contributed by atoms with van der Waals surface area (Å²) in [4.78, 5) is 0. The molecule has 1 aromatic heterocycles. The molecule has 2 aromatic rings. The molecule has 72 valence electrons. The third-order valence-corrected chi connectivity index (χ3v) is 2.14. The van der Waals surface area contributed by atoms with Crippen LogP contribution in [0.3, 0.4) is 0 Å². The second kappa shape index (κ2) is 3.68. The summed E-state index contributed by atoms with van der Waals surface area (Å²) in [6.07, 6.45) is 0.978. The van der Waals surface area contributed by atoms with Crippen molar-refractivity contribution in [2.45, 2.75) is 13.0 Å². The highest BCUT2D eigenvalue weighted by atomic mass is 16.4. The Kier molecular flexibility index (Phi) is 2.37. The van der Waals surface area contributed by atoms with E-state index in [2.05, 4.69) is 0 Å². The molecule has 0 amide bonds. The van der Waals surface area contributed by atoms with E-state index in [1.54, 1.807) is 6.26 Å². The van der Waals surface area contributed by atoms with Gasteiger partial charge in [0, 0.05) is 0 Å². The van der Waals surface area contributed by atoms with Gasteiger partial charge in [0.05, 0.1) is 6.26 Å². The van der Waals surface area contributed by atoms with Crippen LogP contribution in [0.4, 0.5) is 0 Å². The average molecular weight is 188 g/mol. The molecule has 1 heterocycles. The van der Waals surface area contributed by atoms with Crippen molar-refractivity contribution in [2.24, 2.45) is 0 Å². The number of hydrogen-bond acceptors (Lipinski definition) is 2. The van der Waals surface area contributed by atoms with Gasteiger partial charge in [0.15, 0.2) is 0 Å². The molecule has 0 unspecified atom stereocenters. The molecule has 0 fully saturated rings. The van der Waals surface area contributed by atoms with E-state index in [9.17, 15) is 5.11 Å². The van der Waals surface area contributed by atoms with Gasteiger partial charge in [-0.15, -0.1) is 0 Å². The molecule has 1 atom stereocenters. The molecule has 0 aliphatic heterocycles. The van der Waals surface area contributed by atoms with Gasteiger partial charge in [-0.05, 0) is 24.1 Å². The smallest absolute Gasteiger partial charge is 0.137 e. The maximum absolute atomic E-state index is 9.91. The quantitative estimate of drug-likeness (QED) is 0.786. The molecule has 0 saturated heterocycles. The lowest BCUT2D eigenvalue weighted by Gasteiger charge is -2.06. The van der Waals surface area contributed by atoms with Crippen molar-refractivity contribution in [2.75, 3.05) is 0 Å². The zero-order valence-electron chi connectivity index (χ0n) is 7.97. The molecule has 0 spiro atoms. The lowest BCUT2D eigenvalue weighted by atomic mass is 10.1. The molecular formula is C12H12O2. The minimum atomic E-state index is -0.662. The highest BCUT2D eigenvalue weighted by molar-refractivity contribution is 5.25.